The minimum absolute atomic E-state index is 0.136. The maximum absolute atomic E-state index is 13.7. The second kappa shape index (κ2) is 5.49. The van der Waals surface area contributed by atoms with Crippen molar-refractivity contribution in [2.75, 3.05) is 18.0 Å². The fraction of sp³-hybridized carbons (Fsp3) is 0.625. The highest BCUT2D eigenvalue weighted by molar-refractivity contribution is 5.57. The molecule has 2 atom stereocenters. The molecule has 1 saturated heterocycles. The van der Waals surface area contributed by atoms with Crippen molar-refractivity contribution in [3.05, 3.63) is 29.1 Å². The van der Waals surface area contributed by atoms with E-state index in [-0.39, 0.29) is 11.9 Å². The summed E-state index contributed by atoms with van der Waals surface area (Å²) in [5.74, 6) is 1.27. The first-order valence-electron chi connectivity index (χ1n) is 7.20. The Morgan fingerprint density at radius 1 is 1.32 bits per heavy atom. The van der Waals surface area contributed by atoms with E-state index in [1.165, 1.54) is 6.42 Å². The molecule has 3 heteroatoms. The predicted molar refractivity (Wildman–Crippen MR) is 78.9 cm³/mol. The topological polar surface area (TPSA) is 29.3 Å². The zero-order valence-corrected chi connectivity index (χ0v) is 12.4. The summed E-state index contributed by atoms with van der Waals surface area (Å²) in [7, 11) is 0. The number of hydrogen-bond donors (Lipinski definition) is 1. The quantitative estimate of drug-likeness (QED) is 0.903. The van der Waals surface area contributed by atoms with Crippen molar-refractivity contribution in [1.82, 2.24) is 0 Å². The van der Waals surface area contributed by atoms with Gasteiger partial charge in [-0.05, 0) is 55.4 Å². The van der Waals surface area contributed by atoms with Gasteiger partial charge in [-0.25, -0.2) is 4.39 Å². The maximum Gasteiger partial charge on any atom is 0.126 e. The Balaban J connectivity index is 2.32. The van der Waals surface area contributed by atoms with Crippen LogP contribution in [0.2, 0.25) is 0 Å². The minimum Gasteiger partial charge on any atom is -0.371 e. The van der Waals surface area contributed by atoms with Crippen molar-refractivity contribution in [2.45, 2.75) is 40.2 Å². The van der Waals surface area contributed by atoms with Crippen LogP contribution in [-0.4, -0.2) is 13.1 Å². The number of halogens is 1. The molecule has 0 bridgehead atoms. The lowest BCUT2D eigenvalue weighted by molar-refractivity contribution is 0.422. The lowest BCUT2D eigenvalue weighted by atomic mass is 9.95. The van der Waals surface area contributed by atoms with E-state index in [0.717, 1.165) is 30.3 Å². The first-order chi connectivity index (χ1) is 8.90. The van der Waals surface area contributed by atoms with E-state index < -0.39 is 0 Å². The van der Waals surface area contributed by atoms with E-state index in [1.807, 2.05) is 19.9 Å². The number of benzene rings is 1. The third-order valence-electron chi connectivity index (χ3n) is 4.31. The van der Waals surface area contributed by atoms with Gasteiger partial charge in [0.2, 0.25) is 0 Å². The summed E-state index contributed by atoms with van der Waals surface area (Å²) in [4.78, 5) is 2.37. The first kappa shape index (κ1) is 14.3. The van der Waals surface area contributed by atoms with Gasteiger partial charge in [0, 0.05) is 24.8 Å². The predicted octanol–water partition coefficient (Wildman–Crippen LogP) is 3.64. The highest BCUT2D eigenvalue weighted by Crippen LogP contribution is 2.34. The normalized spacial score (nSPS) is 21.2. The van der Waals surface area contributed by atoms with Crippen LogP contribution in [0.4, 0.5) is 10.1 Å². The van der Waals surface area contributed by atoms with Gasteiger partial charge in [-0.3, -0.25) is 0 Å². The Morgan fingerprint density at radius 2 is 2.00 bits per heavy atom. The molecule has 2 N–H and O–H groups in total. The van der Waals surface area contributed by atoms with Crippen molar-refractivity contribution in [3.8, 4) is 0 Å². The van der Waals surface area contributed by atoms with Crippen LogP contribution in [-0.2, 0) is 0 Å². The van der Waals surface area contributed by atoms with Crippen molar-refractivity contribution in [1.29, 1.82) is 0 Å². The lowest BCUT2D eigenvalue weighted by Gasteiger charge is -2.25. The summed E-state index contributed by atoms with van der Waals surface area (Å²) in [6.07, 6.45) is 1.21. The van der Waals surface area contributed by atoms with Gasteiger partial charge in [-0.15, -0.1) is 0 Å². The molecule has 2 rings (SSSR count). The van der Waals surface area contributed by atoms with E-state index in [4.69, 9.17) is 5.73 Å². The Morgan fingerprint density at radius 3 is 2.53 bits per heavy atom. The molecule has 1 unspecified atom stereocenters. The van der Waals surface area contributed by atoms with Crippen LogP contribution in [0.15, 0.2) is 12.1 Å². The molecular formula is C16H25FN2. The molecular weight excluding hydrogens is 239 g/mol. The Kier molecular flexibility index (Phi) is 4.14. The Hall–Kier alpha value is -1.09. The van der Waals surface area contributed by atoms with Gasteiger partial charge in [0.05, 0.1) is 0 Å². The number of hydrogen-bond acceptors (Lipinski definition) is 2. The number of nitrogens with zero attached hydrogens (tertiary/aromatic N) is 1. The molecule has 1 fully saturated rings. The van der Waals surface area contributed by atoms with E-state index in [1.54, 1.807) is 6.07 Å². The monoisotopic (exact) mass is 264 g/mol. The molecule has 0 saturated carbocycles. The van der Waals surface area contributed by atoms with Gasteiger partial charge in [0.15, 0.2) is 0 Å². The summed E-state index contributed by atoms with van der Waals surface area (Å²) < 4.78 is 13.7. The van der Waals surface area contributed by atoms with Crippen molar-refractivity contribution in [2.24, 2.45) is 17.6 Å². The molecule has 0 spiro atoms. The van der Waals surface area contributed by atoms with Gasteiger partial charge in [-0.1, -0.05) is 13.8 Å². The van der Waals surface area contributed by atoms with Crippen LogP contribution in [0.1, 0.15) is 44.4 Å². The summed E-state index contributed by atoms with van der Waals surface area (Å²) in [5.41, 5.74) is 8.75. The largest absolute Gasteiger partial charge is 0.371 e. The fourth-order valence-corrected chi connectivity index (χ4v) is 2.87. The third-order valence-corrected chi connectivity index (χ3v) is 4.31. The second-order valence-electron chi connectivity index (χ2n) is 6.19. The minimum atomic E-state index is -0.157. The van der Waals surface area contributed by atoms with Crippen LogP contribution < -0.4 is 10.6 Å². The van der Waals surface area contributed by atoms with Crippen LogP contribution >= 0.6 is 0 Å². The molecule has 1 aromatic rings. The number of rotatable bonds is 3. The number of nitrogens with two attached hydrogens (primary N) is 1. The van der Waals surface area contributed by atoms with Gasteiger partial charge in [-0.2, -0.15) is 0 Å². The Bertz CT molecular complexity index is 454. The summed E-state index contributed by atoms with van der Waals surface area (Å²) in [5, 5.41) is 0. The van der Waals surface area contributed by atoms with Crippen molar-refractivity contribution in [3.63, 3.8) is 0 Å². The van der Waals surface area contributed by atoms with Crippen molar-refractivity contribution < 1.29 is 4.39 Å². The molecule has 106 valence electrons. The van der Waals surface area contributed by atoms with Crippen LogP contribution in [0.5, 0.6) is 0 Å². The molecule has 1 aliphatic rings. The van der Waals surface area contributed by atoms with Gasteiger partial charge >= 0.3 is 0 Å². The molecule has 0 amide bonds. The maximum atomic E-state index is 13.7. The van der Waals surface area contributed by atoms with E-state index in [2.05, 4.69) is 18.7 Å². The lowest BCUT2D eigenvalue weighted by Crippen LogP contribution is -2.24. The third kappa shape index (κ3) is 2.92. The van der Waals surface area contributed by atoms with Crippen LogP contribution in [0, 0.1) is 24.6 Å². The van der Waals surface area contributed by atoms with Gasteiger partial charge in [0.25, 0.3) is 0 Å². The van der Waals surface area contributed by atoms with Gasteiger partial charge < -0.3 is 10.6 Å². The highest BCUT2D eigenvalue weighted by Gasteiger charge is 2.27. The fourth-order valence-electron chi connectivity index (χ4n) is 2.87. The summed E-state index contributed by atoms with van der Waals surface area (Å²) in [6, 6.07) is 3.43. The summed E-state index contributed by atoms with van der Waals surface area (Å²) >= 11 is 0. The standard InChI is InChI=1S/C16H25FN2/c1-10(2)13-5-6-19(9-13)16-7-11(3)15(17)8-14(16)12(4)18/h7-8,10,12-13H,5-6,9,18H2,1-4H3/t12-,13?/m0/s1. The first-order valence-corrected chi connectivity index (χ1v) is 7.20. The smallest absolute Gasteiger partial charge is 0.126 e. The molecule has 19 heavy (non-hydrogen) atoms. The SMILES string of the molecule is Cc1cc(N2CCC(C(C)C)C2)c([C@H](C)N)cc1F. The van der Waals surface area contributed by atoms with E-state index in [0.29, 0.717) is 11.5 Å². The zero-order valence-electron chi connectivity index (χ0n) is 12.4. The zero-order chi connectivity index (χ0) is 14.2. The van der Waals surface area contributed by atoms with Crippen LogP contribution in [0.25, 0.3) is 0 Å². The van der Waals surface area contributed by atoms with E-state index in [9.17, 15) is 4.39 Å². The molecule has 0 aliphatic carbocycles. The van der Waals surface area contributed by atoms with E-state index >= 15 is 0 Å². The molecule has 0 aromatic heterocycles. The molecule has 1 heterocycles. The molecule has 1 aliphatic heterocycles. The number of aryl methyl sites for hydroxylation is 1. The Labute approximate surface area is 115 Å². The highest BCUT2D eigenvalue weighted by atomic mass is 19.1. The summed E-state index contributed by atoms with van der Waals surface area (Å²) in [6.45, 7) is 10.4. The van der Waals surface area contributed by atoms with Crippen molar-refractivity contribution >= 4 is 5.69 Å². The second-order valence-corrected chi connectivity index (χ2v) is 6.19. The average Bonchev–Trinajstić information content (AvgIpc) is 2.81. The van der Waals surface area contributed by atoms with Crippen LogP contribution in [0.3, 0.4) is 0 Å². The van der Waals surface area contributed by atoms with Gasteiger partial charge in [0.1, 0.15) is 5.82 Å². The molecule has 2 nitrogen and oxygen atoms in total. The number of anilines is 1. The average molecular weight is 264 g/mol. The molecule has 0 radical (unpaired) electrons. The molecule has 1 aromatic carbocycles.